The van der Waals surface area contributed by atoms with Gasteiger partial charge in [0.2, 0.25) is 0 Å². The number of nitrogens with one attached hydrogen (secondary N) is 2. The van der Waals surface area contributed by atoms with Gasteiger partial charge < -0.3 is 10.6 Å². The molecule has 1 heterocycles. The lowest BCUT2D eigenvalue weighted by Gasteiger charge is -2.10. The fraction of sp³-hybridized carbons (Fsp3) is 0.143. The Morgan fingerprint density at radius 1 is 1.04 bits per heavy atom. The van der Waals surface area contributed by atoms with E-state index < -0.39 is 0 Å². The van der Waals surface area contributed by atoms with E-state index in [1.165, 1.54) is 0 Å². The number of benzene rings is 2. The van der Waals surface area contributed by atoms with Crippen LogP contribution in [0.15, 0.2) is 60.8 Å². The van der Waals surface area contributed by atoms with Crippen molar-refractivity contribution in [2.45, 2.75) is 20.4 Å². The van der Waals surface area contributed by atoms with Crippen molar-refractivity contribution in [3.05, 3.63) is 88.2 Å². The van der Waals surface area contributed by atoms with Crippen molar-refractivity contribution in [3.8, 4) is 0 Å². The molecule has 132 valence electrons. The number of pyridine rings is 1. The maximum Gasteiger partial charge on any atom is 0.274 e. The molecule has 0 aliphatic rings. The van der Waals surface area contributed by atoms with Crippen molar-refractivity contribution < 1.29 is 4.79 Å². The number of aromatic nitrogens is 1. The second-order valence-corrected chi connectivity index (χ2v) is 6.62. The van der Waals surface area contributed by atoms with E-state index in [9.17, 15) is 4.79 Å². The van der Waals surface area contributed by atoms with Crippen molar-refractivity contribution in [1.82, 2.24) is 4.98 Å². The van der Waals surface area contributed by atoms with Gasteiger partial charge >= 0.3 is 0 Å². The standard InChI is InChI=1S/C21H20ClN3O/c1-14-3-9-19(15(2)11-14)25-21(26)20-10-8-18(13-24-20)23-12-16-4-6-17(22)7-5-16/h3-11,13,23H,12H2,1-2H3,(H,25,26). The summed E-state index contributed by atoms with van der Waals surface area (Å²) in [6, 6.07) is 17.1. The lowest BCUT2D eigenvalue weighted by atomic mass is 10.1. The number of carbonyl (C=O) groups is 1. The summed E-state index contributed by atoms with van der Waals surface area (Å²) in [5.74, 6) is -0.221. The third-order valence-corrected chi connectivity index (χ3v) is 4.29. The molecule has 0 aliphatic heterocycles. The maximum atomic E-state index is 12.4. The second-order valence-electron chi connectivity index (χ2n) is 6.18. The molecule has 4 nitrogen and oxygen atoms in total. The van der Waals surface area contributed by atoms with Crippen LogP contribution < -0.4 is 10.6 Å². The van der Waals surface area contributed by atoms with Crippen LogP contribution in [-0.4, -0.2) is 10.9 Å². The lowest BCUT2D eigenvalue weighted by molar-refractivity contribution is 0.102. The Labute approximate surface area is 158 Å². The van der Waals surface area contributed by atoms with E-state index in [1.54, 1.807) is 12.3 Å². The highest BCUT2D eigenvalue weighted by Crippen LogP contribution is 2.17. The molecule has 1 amide bonds. The zero-order valence-electron chi connectivity index (χ0n) is 14.7. The Bertz CT molecular complexity index is 906. The van der Waals surface area contributed by atoms with Crippen LogP contribution in [0.2, 0.25) is 5.02 Å². The second kappa shape index (κ2) is 8.02. The Morgan fingerprint density at radius 2 is 1.81 bits per heavy atom. The molecule has 2 aromatic carbocycles. The van der Waals surface area contributed by atoms with Crippen molar-refractivity contribution >= 4 is 28.9 Å². The highest BCUT2D eigenvalue weighted by Gasteiger charge is 2.09. The largest absolute Gasteiger partial charge is 0.380 e. The first-order valence-electron chi connectivity index (χ1n) is 8.34. The summed E-state index contributed by atoms with van der Waals surface area (Å²) in [7, 11) is 0. The minimum atomic E-state index is -0.221. The minimum absolute atomic E-state index is 0.221. The van der Waals surface area contributed by atoms with Crippen LogP contribution in [0.25, 0.3) is 0 Å². The van der Waals surface area contributed by atoms with E-state index in [0.717, 1.165) is 33.1 Å². The third-order valence-electron chi connectivity index (χ3n) is 4.04. The summed E-state index contributed by atoms with van der Waals surface area (Å²) in [6.45, 7) is 4.66. The molecule has 0 aliphatic carbocycles. The summed E-state index contributed by atoms with van der Waals surface area (Å²) >= 11 is 5.88. The van der Waals surface area contributed by atoms with E-state index in [2.05, 4.69) is 15.6 Å². The third kappa shape index (κ3) is 4.61. The molecule has 3 rings (SSSR count). The number of rotatable bonds is 5. The normalized spacial score (nSPS) is 10.4. The van der Waals surface area contributed by atoms with Crippen molar-refractivity contribution in [2.24, 2.45) is 0 Å². The van der Waals surface area contributed by atoms with Gasteiger partial charge in [0.15, 0.2) is 0 Å². The zero-order chi connectivity index (χ0) is 18.5. The molecule has 5 heteroatoms. The summed E-state index contributed by atoms with van der Waals surface area (Å²) in [5, 5.41) is 6.89. The Morgan fingerprint density at radius 3 is 2.46 bits per heavy atom. The van der Waals surface area contributed by atoms with Crippen LogP contribution in [0.5, 0.6) is 0 Å². The van der Waals surface area contributed by atoms with Crippen LogP contribution in [0.1, 0.15) is 27.2 Å². The smallest absolute Gasteiger partial charge is 0.274 e. The molecule has 0 unspecified atom stereocenters. The molecule has 3 aromatic rings. The number of halogens is 1. The first-order valence-corrected chi connectivity index (χ1v) is 8.72. The number of hydrogen-bond donors (Lipinski definition) is 2. The summed E-state index contributed by atoms with van der Waals surface area (Å²) in [6.07, 6.45) is 1.66. The number of aryl methyl sites for hydroxylation is 2. The first-order chi connectivity index (χ1) is 12.5. The molecule has 0 saturated heterocycles. The Balaban J connectivity index is 1.61. The van der Waals surface area contributed by atoms with Crippen LogP contribution in [0.4, 0.5) is 11.4 Å². The summed E-state index contributed by atoms with van der Waals surface area (Å²) < 4.78 is 0. The number of hydrogen-bond acceptors (Lipinski definition) is 3. The quantitative estimate of drug-likeness (QED) is 0.652. The van der Waals surface area contributed by atoms with E-state index in [1.807, 2.05) is 62.4 Å². The molecule has 0 radical (unpaired) electrons. The van der Waals surface area contributed by atoms with Crippen molar-refractivity contribution in [1.29, 1.82) is 0 Å². The van der Waals surface area contributed by atoms with Crippen molar-refractivity contribution in [3.63, 3.8) is 0 Å². The van der Waals surface area contributed by atoms with Gasteiger partial charge in [-0.15, -0.1) is 0 Å². The van der Waals surface area contributed by atoms with Crippen LogP contribution in [0, 0.1) is 13.8 Å². The summed E-state index contributed by atoms with van der Waals surface area (Å²) in [4.78, 5) is 16.6. The van der Waals surface area contributed by atoms with Gasteiger partial charge in [0.25, 0.3) is 5.91 Å². The van der Waals surface area contributed by atoms with Gasteiger partial charge in [-0.3, -0.25) is 4.79 Å². The van der Waals surface area contributed by atoms with Gasteiger partial charge in [-0.2, -0.15) is 0 Å². The SMILES string of the molecule is Cc1ccc(NC(=O)c2ccc(NCc3ccc(Cl)cc3)cn2)c(C)c1. The van der Waals surface area contributed by atoms with Crippen LogP contribution >= 0.6 is 11.6 Å². The number of anilines is 2. The molecule has 0 fully saturated rings. The molecule has 0 bridgehead atoms. The molecule has 0 atom stereocenters. The number of nitrogens with zero attached hydrogens (tertiary/aromatic N) is 1. The van der Waals surface area contributed by atoms with Gasteiger partial charge in [0.05, 0.1) is 11.9 Å². The van der Waals surface area contributed by atoms with E-state index in [4.69, 9.17) is 11.6 Å². The fourth-order valence-corrected chi connectivity index (χ4v) is 2.71. The van der Waals surface area contributed by atoms with E-state index >= 15 is 0 Å². The Kier molecular flexibility index (Phi) is 5.54. The van der Waals surface area contributed by atoms with Gasteiger partial charge in [0.1, 0.15) is 5.69 Å². The predicted molar refractivity (Wildman–Crippen MR) is 107 cm³/mol. The molecule has 2 N–H and O–H groups in total. The van der Waals surface area contributed by atoms with E-state index in [0.29, 0.717) is 12.2 Å². The highest BCUT2D eigenvalue weighted by molar-refractivity contribution is 6.30. The zero-order valence-corrected chi connectivity index (χ0v) is 15.5. The van der Waals surface area contributed by atoms with Gasteiger partial charge in [-0.1, -0.05) is 41.4 Å². The topological polar surface area (TPSA) is 54.0 Å². The predicted octanol–water partition coefficient (Wildman–Crippen LogP) is 5.22. The summed E-state index contributed by atoms with van der Waals surface area (Å²) in [5.41, 5.74) is 5.33. The molecule has 0 spiro atoms. The van der Waals surface area contributed by atoms with E-state index in [-0.39, 0.29) is 5.91 Å². The average molecular weight is 366 g/mol. The van der Waals surface area contributed by atoms with Gasteiger partial charge in [0, 0.05) is 17.3 Å². The van der Waals surface area contributed by atoms with Crippen molar-refractivity contribution in [2.75, 3.05) is 10.6 Å². The molecule has 0 saturated carbocycles. The highest BCUT2D eigenvalue weighted by atomic mass is 35.5. The van der Waals surface area contributed by atoms with Crippen LogP contribution in [-0.2, 0) is 6.54 Å². The average Bonchev–Trinajstić information content (AvgIpc) is 2.64. The van der Waals surface area contributed by atoms with Gasteiger partial charge in [-0.25, -0.2) is 4.98 Å². The minimum Gasteiger partial charge on any atom is -0.380 e. The fourth-order valence-electron chi connectivity index (χ4n) is 2.58. The lowest BCUT2D eigenvalue weighted by Crippen LogP contribution is -2.14. The van der Waals surface area contributed by atoms with Crippen LogP contribution in [0.3, 0.4) is 0 Å². The molecular weight excluding hydrogens is 346 g/mol. The number of amides is 1. The maximum absolute atomic E-state index is 12.4. The Hall–Kier alpha value is -2.85. The molecular formula is C21H20ClN3O. The first kappa shape index (κ1) is 18.0. The molecule has 1 aromatic heterocycles. The monoisotopic (exact) mass is 365 g/mol. The molecule has 26 heavy (non-hydrogen) atoms. The number of carbonyl (C=O) groups excluding carboxylic acids is 1. The van der Waals surface area contributed by atoms with Gasteiger partial charge in [-0.05, 0) is 55.3 Å².